The molecule has 0 saturated carbocycles. The monoisotopic (exact) mass is 543 g/mol. The van der Waals surface area contributed by atoms with E-state index in [2.05, 4.69) is 10.1 Å². The van der Waals surface area contributed by atoms with Gasteiger partial charge in [0.25, 0.3) is 10.0 Å². The Morgan fingerprint density at radius 2 is 1.76 bits per heavy atom. The SMILES string of the molecule is N#Cc1cccc(/C(O)=C2/C(=O)c3ccccc3S(=O)(=O)N2CC(=O)Nc2cccc(OC(F)(F)F)c2)c1. The van der Waals surface area contributed by atoms with Crippen LogP contribution >= 0.6 is 0 Å². The van der Waals surface area contributed by atoms with Gasteiger partial charge in [-0.05, 0) is 36.4 Å². The molecule has 1 amide bonds. The van der Waals surface area contributed by atoms with Gasteiger partial charge in [0.2, 0.25) is 11.7 Å². The van der Waals surface area contributed by atoms with Gasteiger partial charge in [0, 0.05) is 22.9 Å². The van der Waals surface area contributed by atoms with Crippen molar-refractivity contribution in [2.24, 2.45) is 0 Å². The number of fused-ring (bicyclic) bond motifs is 1. The minimum Gasteiger partial charge on any atom is -0.505 e. The fourth-order valence-electron chi connectivity index (χ4n) is 3.72. The first-order valence-electron chi connectivity index (χ1n) is 10.7. The number of anilines is 1. The molecular weight excluding hydrogens is 527 g/mol. The van der Waals surface area contributed by atoms with Crippen molar-refractivity contribution in [3.63, 3.8) is 0 Å². The number of benzene rings is 3. The van der Waals surface area contributed by atoms with Crippen molar-refractivity contribution in [2.45, 2.75) is 11.3 Å². The second-order valence-electron chi connectivity index (χ2n) is 7.85. The minimum atomic E-state index is -4.97. The molecule has 0 spiro atoms. The summed E-state index contributed by atoms with van der Waals surface area (Å²) in [6, 6.07) is 16.8. The van der Waals surface area contributed by atoms with Gasteiger partial charge < -0.3 is 15.2 Å². The number of hydrogen-bond acceptors (Lipinski definition) is 7. The van der Waals surface area contributed by atoms with Crippen molar-refractivity contribution in [3.8, 4) is 11.8 Å². The third kappa shape index (κ3) is 5.30. The number of halogens is 3. The molecule has 1 aliphatic heterocycles. The average Bonchev–Trinajstić information content (AvgIpc) is 2.86. The maximum absolute atomic E-state index is 13.5. The number of rotatable bonds is 5. The van der Waals surface area contributed by atoms with Crippen molar-refractivity contribution < 1.29 is 41.0 Å². The summed E-state index contributed by atoms with van der Waals surface area (Å²) in [6.07, 6.45) is -4.97. The van der Waals surface area contributed by atoms with E-state index in [1.165, 1.54) is 54.6 Å². The predicted molar refractivity (Wildman–Crippen MR) is 127 cm³/mol. The number of carbonyl (C=O) groups is 2. The molecule has 0 aromatic heterocycles. The number of nitrogens with one attached hydrogen (secondary N) is 1. The van der Waals surface area contributed by atoms with Gasteiger partial charge in [-0.15, -0.1) is 13.2 Å². The van der Waals surface area contributed by atoms with Crippen LogP contribution in [-0.4, -0.2) is 42.4 Å². The van der Waals surface area contributed by atoms with Gasteiger partial charge in [0.15, 0.2) is 5.76 Å². The summed E-state index contributed by atoms with van der Waals surface area (Å²) >= 11 is 0. The number of amides is 1. The molecule has 0 radical (unpaired) electrons. The summed E-state index contributed by atoms with van der Waals surface area (Å²) < 4.78 is 68.8. The number of alkyl halides is 3. The predicted octanol–water partition coefficient (Wildman–Crippen LogP) is 4.21. The van der Waals surface area contributed by atoms with Gasteiger partial charge in [0.05, 0.1) is 16.5 Å². The number of ketones is 1. The minimum absolute atomic E-state index is 0.0515. The van der Waals surface area contributed by atoms with Gasteiger partial charge in [-0.1, -0.05) is 30.3 Å². The van der Waals surface area contributed by atoms with Gasteiger partial charge in [-0.2, -0.15) is 5.26 Å². The summed E-state index contributed by atoms with van der Waals surface area (Å²) in [6.45, 7) is -1.01. The molecule has 0 atom stereocenters. The van der Waals surface area contributed by atoms with Crippen molar-refractivity contribution >= 4 is 33.2 Å². The summed E-state index contributed by atoms with van der Waals surface area (Å²) in [5, 5.41) is 22.4. The molecule has 0 fully saturated rings. The molecule has 0 bridgehead atoms. The molecule has 1 aliphatic rings. The van der Waals surface area contributed by atoms with Crippen LogP contribution in [0.1, 0.15) is 21.5 Å². The van der Waals surface area contributed by atoms with Crippen LogP contribution in [-0.2, 0) is 14.8 Å². The van der Waals surface area contributed by atoms with E-state index in [-0.39, 0.29) is 22.4 Å². The average molecular weight is 543 g/mol. The number of ether oxygens (including phenoxy) is 1. The van der Waals surface area contributed by atoms with Crippen molar-refractivity contribution in [2.75, 3.05) is 11.9 Å². The molecule has 0 unspecified atom stereocenters. The Hall–Kier alpha value is -4.83. The Kier molecular flexibility index (Phi) is 6.84. The number of hydrogen-bond donors (Lipinski definition) is 2. The number of Topliss-reactive ketones (excluding diaryl/α,β-unsaturated/α-hetero) is 1. The summed E-state index contributed by atoms with van der Waals surface area (Å²) in [5.74, 6) is -3.34. The zero-order valence-electron chi connectivity index (χ0n) is 19.1. The van der Waals surface area contributed by atoms with E-state index in [4.69, 9.17) is 5.26 Å². The second-order valence-corrected chi connectivity index (χ2v) is 9.68. The molecule has 1 heterocycles. The van der Waals surface area contributed by atoms with Gasteiger partial charge in [0.1, 0.15) is 18.0 Å². The number of aliphatic hydroxyl groups excluding tert-OH is 1. The molecule has 9 nitrogen and oxygen atoms in total. The lowest BCUT2D eigenvalue weighted by atomic mass is 10.0. The van der Waals surface area contributed by atoms with Crippen molar-refractivity contribution in [1.29, 1.82) is 5.26 Å². The van der Waals surface area contributed by atoms with Crippen LogP contribution in [0, 0.1) is 11.3 Å². The van der Waals surface area contributed by atoms with Crippen molar-refractivity contribution in [3.05, 3.63) is 95.2 Å². The third-order valence-corrected chi connectivity index (χ3v) is 7.10. The van der Waals surface area contributed by atoms with Gasteiger partial charge in [-0.25, -0.2) is 12.7 Å². The van der Waals surface area contributed by atoms with Crippen LogP contribution in [0.15, 0.2) is 83.4 Å². The first kappa shape index (κ1) is 26.2. The normalized spacial score (nSPS) is 15.7. The number of carbonyl (C=O) groups excluding carboxylic acids is 2. The van der Waals surface area contributed by atoms with E-state index >= 15 is 0 Å². The maximum atomic E-state index is 13.5. The third-order valence-electron chi connectivity index (χ3n) is 5.29. The van der Waals surface area contributed by atoms with Crippen LogP contribution in [0.2, 0.25) is 0 Å². The topological polar surface area (TPSA) is 137 Å². The molecule has 194 valence electrons. The lowest BCUT2D eigenvalue weighted by molar-refractivity contribution is -0.274. The second kappa shape index (κ2) is 9.91. The fraction of sp³-hybridized carbons (Fsp3) is 0.0800. The van der Waals surface area contributed by atoms with Gasteiger partial charge >= 0.3 is 6.36 Å². The number of aliphatic hydroxyl groups is 1. The highest BCUT2D eigenvalue weighted by Gasteiger charge is 2.42. The highest BCUT2D eigenvalue weighted by Crippen LogP contribution is 2.35. The summed E-state index contributed by atoms with van der Waals surface area (Å²) in [7, 11) is -4.56. The fourth-order valence-corrected chi connectivity index (χ4v) is 5.35. The summed E-state index contributed by atoms with van der Waals surface area (Å²) in [4.78, 5) is 25.8. The molecule has 4 rings (SSSR count). The quantitative estimate of drug-likeness (QED) is 0.363. The first-order valence-corrected chi connectivity index (χ1v) is 12.1. The molecule has 0 aliphatic carbocycles. The van der Waals surface area contributed by atoms with E-state index in [1.54, 1.807) is 0 Å². The van der Waals surface area contributed by atoms with E-state index in [0.29, 0.717) is 4.31 Å². The zero-order valence-corrected chi connectivity index (χ0v) is 19.9. The van der Waals surface area contributed by atoms with Crippen LogP contribution in [0.25, 0.3) is 5.76 Å². The molecule has 2 N–H and O–H groups in total. The maximum Gasteiger partial charge on any atom is 0.573 e. The Labute approximate surface area is 214 Å². The van der Waals surface area contributed by atoms with Crippen LogP contribution in [0.4, 0.5) is 18.9 Å². The lowest BCUT2D eigenvalue weighted by Crippen LogP contribution is -2.43. The number of allylic oxidation sites excluding steroid dienone is 1. The van der Waals surface area contributed by atoms with Crippen LogP contribution < -0.4 is 10.1 Å². The molecule has 38 heavy (non-hydrogen) atoms. The largest absolute Gasteiger partial charge is 0.573 e. The zero-order chi connectivity index (χ0) is 27.7. The Morgan fingerprint density at radius 1 is 1.05 bits per heavy atom. The smallest absolute Gasteiger partial charge is 0.505 e. The first-order chi connectivity index (χ1) is 17.9. The van der Waals surface area contributed by atoms with Crippen LogP contribution in [0.3, 0.4) is 0 Å². The lowest BCUT2D eigenvalue weighted by Gasteiger charge is -2.31. The summed E-state index contributed by atoms with van der Waals surface area (Å²) in [5.41, 5.74) is -1.05. The molecule has 3 aromatic carbocycles. The molecular formula is C25H16F3N3O6S. The highest BCUT2D eigenvalue weighted by molar-refractivity contribution is 7.89. The van der Waals surface area contributed by atoms with E-state index < -0.39 is 56.7 Å². The van der Waals surface area contributed by atoms with Gasteiger partial charge in [-0.3, -0.25) is 9.59 Å². The number of nitrogens with zero attached hydrogens (tertiary/aromatic N) is 2. The van der Waals surface area contributed by atoms with Crippen LogP contribution in [0.5, 0.6) is 5.75 Å². The standard InChI is InChI=1S/C25H16F3N3O6S/c26-25(27,28)37-18-8-4-7-17(12-18)30-21(32)14-31-22(23(33)16-6-3-5-15(11-16)13-29)24(34)19-9-1-2-10-20(19)38(31,35)36/h1-12,33H,14H2,(H,30,32)/b23-22+. The number of sulfonamides is 1. The Morgan fingerprint density at radius 3 is 2.47 bits per heavy atom. The van der Waals surface area contributed by atoms with E-state index in [0.717, 1.165) is 18.2 Å². The van der Waals surface area contributed by atoms with E-state index in [1.807, 2.05) is 6.07 Å². The molecule has 13 heteroatoms. The van der Waals surface area contributed by atoms with E-state index in [9.17, 15) is 36.3 Å². The molecule has 3 aromatic rings. The highest BCUT2D eigenvalue weighted by atomic mass is 32.2. The Bertz CT molecular complexity index is 1630. The Balaban J connectivity index is 1.75. The van der Waals surface area contributed by atoms with Crippen molar-refractivity contribution in [1.82, 2.24) is 4.31 Å². The molecule has 0 saturated heterocycles. The number of nitriles is 1.